The van der Waals surface area contributed by atoms with Crippen molar-refractivity contribution in [2.75, 3.05) is 13.2 Å². The van der Waals surface area contributed by atoms with Crippen LogP contribution in [0.4, 0.5) is 0 Å². The second-order valence-corrected chi connectivity index (χ2v) is 8.03. The van der Waals surface area contributed by atoms with Gasteiger partial charge in [0.05, 0.1) is 25.0 Å². The van der Waals surface area contributed by atoms with Crippen LogP contribution in [0.15, 0.2) is 41.4 Å². The third kappa shape index (κ3) is 5.34. The summed E-state index contributed by atoms with van der Waals surface area (Å²) in [5.74, 6) is 1.67. The van der Waals surface area contributed by atoms with E-state index in [9.17, 15) is 0 Å². The van der Waals surface area contributed by atoms with Gasteiger partial charge in [-0.05, 0) is 62.1 Å². The summed E-state index contributed by atoms with van der Waals surface area (Å²) in [5.41, 5.74) is 4.08. The Labute approximate surface area is 183 Å². The maximum atomic E-state index is 6.32. The highest BCUT2D eigenvalue weighted by Crippen LogP contribution is 2.38. The predicted molar refractivity (Wildman–Crippen MR) is 123 cm³/mol. The summed E-state index contributed by atoms with van der Waals surface area (Å²) >= 11 is 12.3. The van der Waals surface area contributed by atoms with Crippen LogP contribution in [-0.2, 0) is 6.42 Å². The summed E-state index contributed by atoms with van der Waals surface area (Å²) < 4.78 is 12.1. The van der Waals surface area contributed by atoms with E-state index in [1.807, 2.05) is 30.4 Å². The van der Waals surface area contributed by atoms with Gasteiger partial charge < -0.3 is 9.47 Å². The molecule has 154 valence electrons. The summed E-state index contributed by atoms with van der Waals surface area (Å²) in [4.78, 5) is 4.86. The normalized spacial score (nSPS) is 15.9. The van der Waals surface area contributed by atoms with Gasteiger partial charge in [-0.15, -0.1) is 0 Å². The zero-order chi connectivity index (χ0) is 20.8. The lowest BCUT2D eigenvalue weighted by Gasteiger charge is -2.24. The van der Waals surface area contributed by atoms with Crippen molar-refractivity contribution in [3.63, 3.8) is 0 Å². The molecule has 0 spiro atoms. The molecule has 0 N–H and O–H groups in total. The number of fused-ring (bicyclic) bond motifs is 1. The topological polar surface area (TPSA) is 30.8 Å². The minimum atomic E-state index is 0.160. The first kappa shape index (κ1) is 21.7. The number of rotatable bonds is 8. The molecule has 1 aliphatic heterocycles. The minimum absolute atomic E-state index is 0.160. The van der Waals surface area contributed by atoms with Gasteiger partial charge in [-0.1, -0.05) is 49.2 Å². The molecule has 1 unspecified atom stereocenters. The molecule has 0 aliphatic carbocycles. The molecule has 5 heteroatoms. The smallest absolute Gasteiger partial charge is 0.165 e. The molecule has 29 heavy (non-hydrogen) atoms. The largest absolute Gasteiger partial charge is 0.490 e. The number of halogens is 2. The van der Waals surface area contributed by atoms with Crippen LogP contribution in [0.1, 0.15) is 50.3 Å². The first-order valence-corrected chi connectivity index (χ1v) is 10.9. The van der Waals surface area contributed by atoms with Crippen molar-refractivity contribution >= 4 is 35.0 Å². The molecule has 0 aromatic heterocycles. The van der Waals surface area contributed by atoms with Gasteiger partial charge in [-0.25, -0.2) is 0 Å². The van der Waals surface area contributed by atoms with E-state index in [0.29, 0.717) is 23.3 Å². The van der Waals surface area contributed by atoms with Gasteiger partial charge in [0.25, 0.3) is 0 Å². The third-order valence-corrected chi connectivity index (χ3v) is 5.22. The van der Waals surface area contributed by atoms with Crippen molar-refractivity contribution in [1.29, 1.82) is 0 Å². The molecule has 0 saturated carbocycles. The second kappa shape index (κ2) is 10.2. The maximum Gasteiger partial charge on any atom is 0.165 e. The quantitative estimate of drug-likeness (QED) is 0.449. The van der Waals surface area contributed by atoms with Crippen molar-refractivity contribution < 1.29 is 9.47 Å². The molecule has 3 rings (SSSR count). The Bertz CT molecular complexity index is 921. The molecule has 2 aromatic carbocycles. The molecule has 0 bridgehead atoms. The fourth-order valence-corrected chi connectivity index (χ4v) is 3.79. The van der Waals surface area contributed by atoms with E-state index in [4.69, 9.17) is 37.7 Å². The number of hydrogen-bond acceptors (Lipinski definition) is 3. The van der Waals surface area contributed by atoms with Gasteiger partial charge in [0.2, 0.25) is 0 Å². The highest BCUT2D eigenvalue weighted by molar-refractivity contribution is 6.35. The number of hydrogen-bond donors (Lipinski definition) is 0. The van der Waals surface area contributed by atoms with Crippen molar-refractivity contribution in [3.05, 3.63) is 63.1 Å². The van der Waals surface area contributed by atoms with Crippen LogP contribution in [0.5, 0.6) is 11.5 Å². The number of nitrogens with zero attached hydrogens (tertiary/aromatic N) is 1. The van der Waals surface area contributed by atoms with Crippen LogP contribution in [0.3, 0.4) is 0 Å². The molecule has 1 atom stereocenters. The molecule has 0 fully saturated rings. The monoisotopic (exact) mass is 431 g/mol. The van der Waals surface area contributed by atoms with Crippen LogP contribution in [0.25, 0.3) is 6.08 Å². The van der Waals surface area contributed by atoms with Crippen LogP contribution in [0, 0.1) is 0 Å². The lowest BCUT2D eigenvalue weighted by Crippen LogP contribution is -2.19. The summed E-state index contributed by atoms with van der Waals surface area (Å²) in [6.07, 6.45) is 6.73. The Morgan fingerprint density at radius 1 is 1.03 bits per heavy atom. The van der Waals surface area contributed by atoms with Crippen LogP contribution in [-0.4, -0.2) is 25.0 Å². The molecule has 0 amide bonds. The maximum absolute atomic E-state index is 6.32. The van der Waals surface area contributed by atoms with Crippen LogP contribution < -0.4 is 9.47 Å². The minimum Gasteiger partial charge on any atom is -0.490 e. The van der Waals surface area contributed by atoms with Gasteiger partial charge in [0, 0.05) is 21.2 Å². The summed E-state index contributed by atoms with van der Waals surface area (Å²) in [6.45, 7) is 7.67. The number of allylic oxidation sites excluding steroid dienone is 1. The van der Waals surface area contributed by atoms with Crippen molar-refractivity contribution in [3.8, 4) is 11.5 Å². The molecular formula is C24H27Cl2NO2. The molecule has 1 aliphatic rings. The third-order valence-electron chi connectivity index (χ3n) is 4.65. The summed E-state index contributed by atoms with van der Waals surface area (Å²) in [5, 5.41) is 1.24. The Morgan fingerprint density at radius 2 is 1.79 bits per heavy atom. The number of aliphatic imine (C=N–C) groups is 1. The predicted octanol–water partition coefficient (Wildman–Crippen LogP) is 7.02. The van der Waals surface area contributed by atoms with Gasteiger partial charge >= 0.3 is 0 Å². The number of ether oxygens (including phenoxy) is 2. The molecular weight excluding hydrogens is 405 g/mol. The Morgan fingerprint density at radius 3 is 2.52 bits per heavy atom. The average Bonchev–Trinajstić information content (AvgIpc) is 2.70. The molecule has 1 heterocycles. The van der Waals surface area contributed by atoms with Crippen LogP contribution >= 0.6 is 23.2 Å². The van der Waals surface area contributed by atoms with Crippen molar-refractivity contribution in [2.24, 2.45) is 4.99 Å². The van der Waals surface area contributed by atoms with Crippen molar-refractivity contribution in [1.82, 2.24) is 0 Å². The van der Waals surface area contributed by atoms with Gasteiger partial charge in [0.1, 0.15) is 0 Å². The zero-order valence-corrected chi connectivity index (χ0v) is 18.7. The first-order valence-electron chi connectivity index (χ1n) is 10.2. The van der Waals surface area contributed by atoms with Crippen molar-refractivity contribution in [2.45, 2.75) is 46.1 Å². The highest BCUT2D eigenvalue weighted by Gasteiger charge is 2.24. The highest BCUT2D eigenvalue weighted by atomic mass is 35.5. The number of benzene rings is 2. The van der Waals surface area contributed by atoms with Crippen LogP contribution in [0.2, 0.25) is 10.0 Å². The fourth-order valence-electron chi connectivity index (χ4n) is 3.32. The van der Waals surface area contributed by atoms with E-state index in [1.54, 1.807) is 6.07 Å². The fraction of sp³-hybridized carbons (Fsp3) is 0.375. The molecule has 0 saturated heterocycles. The molecule has 0 radical (unpaired) electrons. The van der Waals surface area contributed by atoms with E-state index in [0.717, 1.165) is 53.2 Å². The summed E-state index contributed by atoms with van der Waals surface area (Å²) in [7, 11) is 0. The van der Waals surface area contributed by atoms with E-state index >= 15 is 0 Å². The first-order chi connectivity index (χ1) is 14.0. The van der Waals surface area contributed by atoms with E-state index < -0.39 is 0 Å². The van der Waals surface area contributed by atoms with Gasteiger partial charge in [-0.2, -0.15) is 0 Å². The van der Waals surface area contributed by atoms with E-state index in [2.05, 4.69) is 26.8 Å². The molecule has 3 nitrogen and oxygen atoms in total. The summed E-state index contributed by atoms with van der Waals surface area (Å²) in [6, 6.07) is 9.72. The van der Waals surface area contributed by atoms with Gasteiger partial charge in [-0.3, -0.25) is 4.99 Å². The Hall–Kier alpha value is -1.97. The lowest BCUT2D eigenvalue weighted by atomic mass is 9.92. The Kier molecular flexibility index (Phi) is 7.63. The van der Waals surface area contributed by atoms with E-state index in [-0.39, 0.29) is 6.04 Å². The zero-order valence-electron chi connectivity index (χ0n) is 17.2. The van der Waals surface area contributed by atoms with Gasteiger partial charge in [0.15, 0.2) is 11.5 Å². The molecule has 2 aromatic rings. The Balaban J connectivity index is 1.98. The standard InChI is InChI=1S/C24H27Cl2NO2/c1-4-12-28-23-11-9-19-20(24(23)29-13-5-2)14-16(3)27-22(19)10-7-17-6-8-18(25)15-21(17)26/h6-11,15-16H,4-5,12-14H2,1-3H3. The SMILES string of the molecule is CCCOc1ccc2c(c1OCCC)CC(C)N=C2C=Cc1ccc(Cl)cc1Cl. The van der Waals surface area contributed by atoms with E-state index in [1.165, 1.54) is 0 Å². The average molecular weight is 432 g/mol. The second-order valence-electron chi connectivity index (χ2n) is 7.18. The lowest BCUT2D eigenvalue weighted by molar-refractivity contribution is 0.265.